The molecule has 0 saturated carbocycles. The third kappa shape index (κ3) is 3.90. The van der Waals surface area contributed by atoms with E-state index in [-0.39, 0.29) is 11.6 Å². The highest BCUT2D eigenvalue weighted by molar-refractivity contribution is 5.92. The number of benzene rings is 1. The van der Waals surface area contributed by atoms with Crippen LogP contribution in [0.3, 0.4) is 0 Å². The molecule has 1 aromatic carbocycles. The Morgan fingerprint density at radius 3 is 3.00 bits per heavy atom. The van der Waals surface area contributed by atoms with E-state index in [9.17, 15) is 14.9 Å². The van der Waals surface area contributed by atoms with Crippen molar-refractivity contribution in [3.8, 4) is 0 Å². The van der Waals surface area contributed by atoms with Gasteiger partial charge in [0.1, 0.15) is 0 Å². The number of piperidine rings is 1. The maximum absolute atomic E-state index is 12.3. The Hall–Kier alpha value is -2.17. The predicted octanol–water partition coefficient (Wildman–Crippen LogP) is 3.40. The number of nitro groups is 1. The first-order valence-electron chi connectivity index (χ1n) is 7.35. The number of carbonyl (C=O) groups is 1. The minimum Gasteiger partial charge on any atom is -0.336 e. The number of hydrogen-bond donors (Lipinski definition) is 0. The van der Waals surface area contributed by atoms with Crippen molar-refractivity contribution >= 4 is 17.7 Å². The Morgan fingerprint density at radius 1 is 1.48 bits per heavy atom. The van der Waals surface area contributed by atoms with Gasteiger partial charge in [-0.15, -0.1) is 0 Å². The number of amides is 1. The maximum atomic E-state index is 12.3. The second-order valence-electron chi connectivity index (χ2n) is 5.27. The Morgan fingerprint density at radius 2 is 2.29 bits per heavy atom. The van der Waals surface area contributed by atoms with Gasteiger partial charge in [-0.25, -0.2) is 0 Å². The Balaban J connectivity index is 2.07. The first-order chi connectivity index (χ1) is 10.1. The molecule has 0 radical (unpaired) electrons. The van der Waals surface area contributed by atoms with Gasteiger partial charge in [-0.2, -0.15) is 0 Å². The molecular weight excluding hydrogens is 268 g/mol. The van der Waals surface area contributed by atoms with Crippen LogP contribution in [0.4, 0.5) is 5.69 Å². The van der Waals surface area contributed by atoms with Crippen molar-refractivity contribution in [1.82, 2.24) is 4.90 Å². The standard InChI is InChI=1S/C16H20N2O3/c1-2-14-7-3-4-11-17(14)16(19)10-9-13-6-5-8-15(12-13)18(20)21/h5-6,8-10,12,14H,2-4,7,11H2,1H3/b10-9+. The van der Waals surface area contributed by atoms with Crippen LogP contribution >= 0.6 is 0 Å². The molecule has 1 amide bonds. The summed E-state index contributed by atoms with van der Waals surface area (Å²) in [6.45, 7) is 2.90. The highest BCUT2D eigenvalue weighted by atomic mass is 16.6. The third-order valence-electron chi connectivity index (χ3n) is 3.88. The lowest BCUT2D eigenvalue weighted by Gasteiger charge is -2.34. The lowest BCUT2D eigenvalue weighted by Crippen LogP contribution is -2.42. The average Bonchev–Trinajstić information content (AvgIpc) is 2.52. The number of likely N-dealkylation sites (tertiary alicyclic amines) is 1. The quantitative estimate of drug-likeness (QED) is 0.484. The fourth-order valence-corrected chi connectivity index (χ4v) is 2.72. The van der Waals surface area contributed by atoms with Gasteiger partial charge in [0.05, 0.1) is 4.92 Å². The van der Waals surface area contributed by atoms with E-state index in [0.717, 1.165) is 25.8 Å². The molecular formula is C16H20N2O3. The maximum Gasteiger partial charge on any atom is 0.270 e. The van der Waals surface area contributed by atoms with E-state index < -0.39 is 4.92 Å². The zero-order valence-corrected chi connectivity index (χ0v) is 12.2. The van der Waals surface area contributed by atoms with Crippen LogP contribution in [0.25, 0.3) is 6.08 Å². The SMILES string of the molecule is CCC1CCCCN1C(=O)/C=C/c1cccc([N+](=O)[O-])c1. The summed E-state index contributed by atoms with van der Waals surface area (Å²) in [4.78, 5) is 24.5. The molecule has 1 unspecified atom stereocenters. The largest absolute Gasteiger partial charge is 0.336 e. The summed E-state index contributed by atoms with van der Waals surface area (Å²) in [7, 11) is 0. The first-order valence-corrected chi connectivity index (χ1v) is 7.35. The molecule has 1 saturated heterocycles. The molecule has 5 heteroatoms. The Kier molecular flexibility index (Phi) is 5.09. The molecule has 0 N–H and O–H groups in total. The number of non-ortho nitro benzene ring substituents is 1. The van der Waals surface area contributed by atoms with Gasteiger partial charge >= 0.3 is 0 Å². The van der Waals surface area contributed by atoms with Gasteiger partial charge in [-0.05, 0) is 37.3 Å². The Labute approximate surface area is 124 Å². The zero-order chi connectivity index (χ0) is 15.2. The molecule has 1 aromatic rings. The highest BCUT2D eigenvalue weighted by Gasteiger charge is 2.23. The van der Waals surface area contributed by atoms with Crippen molar-refractivity contribution in [2.24, 2.45) is 0 Å². The van der Waals surface area contributed by atoms with Gasteiger partial charge < -0.3 is 4.90 Å². The van der Waals surface area contributed by atoms with Crippen LogP contribution in [0.5, 0.6) is 0 Å². The van der Waals surface area contributed by atoms with Crippen LogP contribution in [0.15, 0.2) is 30.3 Å². The minimum absolute atomic E-state index is 0.00643. The lowest BCUT2D eigenvalue weighted by atomic mass is 10.00. The van der Waals surface area contributed by atoms with Gasteiger partial charge in [0.15, 0.2) is 0 Å². The number of carbonyl (C=O) groups excluding carboxylic acids is 1. The van der Waals surface area contributed by atoms with Gasteiger partial charge in [-0.3, -0.25) is 14.9 Å². The molecule has 1 heterocycles. The predicted molar refractivity (Wildman–Crippen MR) is 81.8 cm³/mol. The van der Waals surface area contributed by atoms with E-state index in [1.54, 1.807) is 18.2 Å². The van der Waals surface area contributed by atoms with Crippen molar-refractivity contribution in [1.29, 1.82) is 0 Å². The molecule has 21 heavy (non-hydrogen) atoms. The van der Waals surface area contributed by atoms with Crippen molar-refractivity contribution in [3.05, 3.63) is 46.0 Å². The molecule has 5 nitrogen and oxygen atoms in total. The molecule has 0 spiro atoms. The van der Waals surface area contributed by atoms with Crippen molar-refractivity contribution in [2.75, 3.05) is 6.54 Å². The molecule has 0 aromatic heterocycles. The topological polar surface area (TPSA) is 63.5 Å². The Bertz CT molecular complexity index is 554. The van der Waals surface area contributed by atoms with Gasteiger partial charge in [0, 0.05) is 30.8 Å². The molecule has 1 fully saturated rings. The van der Waals surface area contributed by atoms with Gasteiger partial charge in [0.25, 0.3) is 5.69 Å². The van der Waals surface area contributed by atoms with Crippen LogP contribution in [-0.4, -0.2) is 28.3 Å². The van der Waals surface area contributed by atoms with E-state index in [2.05, 4.69) is 6.92 Å². The summed E-state index contributed by atoms with van der Waals surface area (Å²) in [6.07, 6.45) is 7.43. The second-order valence-corrected chi connectivity index (χ2v) is 5.27. The average molecular weight is 288 g/mol. The molecule has 1 aliphatic heterocycles. The lowest BCUT2D eigenvalue weighted by molar-refractivity contribution is -0.384. The van der Waals surface area contributed by atoms with Gasteiger partial charge in [0.2, 0.25) is 5.91 Å². The van der Waals surface area contributed by atoms with Crippen molar-refractivity contribution in [2.45, 2.75) is 38.6 Å². The van der Waals surface area contributed by atoms with E-state index in [0.29, 0.717) is 11.6 Å². The summed E-state index contributed by atoms with van der Waals surface area (Å²) >= 11 is 0. The summed E-state index contributed by atoms with van der Waals surface area (Å²) in [5.74, 6) is -0.00643. The normalized spacial score (nSPS) is 18.9. The van der Waals surface area contributed by atoms with Gasteiger partial charge in [-0.1, -0.05) is 19.1 Å². The fourth-order valence-electron chi connectivity index (χ4n) is 2.72. The number of hydrogen-bond acceptors (Lipinski definition) is 3. The summed E-state index contributed by atoms with van der Waals surface area (Å²) in [5, 5.41) is 10.7. The van der Waals surface area contributed by atoms with E-state index in [4.69, 9.17) is 0 Å². The molecule has 112 valence electrons. The minimum atomic E-state index is -0.434. The van der Waals surface area contributed by atoms with E-state index in [1.807, 2.05) is 4.90 Å². The summed E-state index contributed by atoms with van der Waals surface area (Å²) in [6, 6.07) is 6.61. The zero-order valence-electron chi connectivity index (χ0n) is 12.2. The van der Waals surface area contributed by atoms with Crippen LogP contribution in [-0.2, 0) is 4.79 Å². The second kappa shape index (κ2) is 7.02. The van der Waals surface area contributed by atoms with E-state index >= 15 is 0 Å². The third-order valence-corrected chi connectivity index (χ3v) is 3.88. The monoisotopic (exact) mass is 288 g/mol. The number of nitro benzene ring substituents is 1. The number of nitrogens with zero attached hydrogens (tertiary/aromatic N) is 2. The number of rotatable bonds is 4. The fraction of sp³-hybridized carbons (Fsp3) is 0.438. The van der Waals surface area contributed by atoms with Crippen LogP contribution < -0.4 is 0 Å². The molecule has 0 aliphatic carbocycles. The van der Waals surface area contributed by atoms with E-state index in [1.165, 1.54) is 24.6 Å². The van der Waals surface area contributed by atoms with Crippen LogP contribution in [0.1, 0.15) is 38.2 Å². The van der Waals surface area contributed by atoms with Crippen molar-refractivity contribution in [3.63, 3.8) is 0 Å². The van der Waals surface area contributed by atoms with Crippen LogP contribution in [0, 0.1) is 10.1 Å². The van der Waals surface area contributed by atoms with Crippen molar-refractivity contribution < 1.29 is 9.72 Å². The summed E-state index contributed by atoms with van der Waals surface area (Å²) < 4.78 is 0. The molecule has 1 aliphatic rings. The molecule has 2 rings (SSSR count). The van der Waals surface area contributed by atoms with Crippen LogP contribution in [0.2, 0.25) is 0 Å². The molecule has 1 atom stereocenters. The highest BCUT2D eigenvalue weighted by Crippen LogP contribution is 2.20. The smallest absolute Gasteiger partial charge is 0.270 e. The first kappa shape index (κ1) is 15.2. The summed E-state index contributed by atoms with van der Waals surface area (Å²) in [5.41, 5.74) is 0.705. The molecule has 0 bridgehead atoms.